The molecule has 292 valence electrons. The largest absolute Gasteiger partial charge is 0.423 e. The molecule has 9 N–H and O–H groups in total. The maximum Gasteiger partial charge on any atom is 0.336 e. The summed E-state index contributed by atoms with van der Waals surface area (Å²) in [5.74, 6) is -3.68. The van der Waals surface area contributed by atoms with E-state index < -0.39 is 72.3 Å². The molecule has 7 amide bonds. The van der Waals surface area contributed by atoms with Gasteiger partial charge >= 0.3 is 5.63 Å². The second-order valence-corrected chi connectivity index (χ2v) is 13.3. The summed E-state index contributed by atoms with van der Waals surface area (Å²) in [6, 6.07) is 3.31. The van der Waals surface area contributed by atoms with Crippen LogP contribution in [0.15, 0.2) is 33.5 Å². The van der Waals surface area contributed by atoms with E-state index >= 15 is 0 Å². The fourth-order valence-corrected chi connectivity index (χ4v) is 5.42. The minimum Gasteiger partial charge on any atom is -0.423 e. The van der Waals surface area contributed by atoms with Crippen LogP contribution in [-0.2, 0) is 33.6 Å². The first-order chi connectivity index (χ1) is 25.1. The number of anilines is 1. The Bertz CT molecular complexity index is 1660. The van der Waals surface area contributed by atoms with Gasteiger partial charge in [-0.15, -0.1) is 0 Å². The van der Waals surface area contributed by atoms with Gasteiger partial charge in [0.2, 0.25) is 41.4 Å². The van der Waals surface area contributed by atoms with Crippen molar-refractivity contribution in [1.82, 2.24) is 31.9 Å². The van der Waals surface area contributed by atoms with E-state index in [0.29, 0.717) is 61.8 Å². The summed E-state index contributed by atoms with van der Waals surface area (Å²) in [6.45, 7) is 8.00. The Morgan fingerprint density at radius 1 is 0.717 bits per heavy atom. The highest BCUT2D eigenvalue weighted by atomic mass is 16.4. The fraction of sp³-hybridized carbons (Fsp3) is 0.556. The Hall–Kier alpha value is -5.32. The lowest BCUT2D eigenvalue weighted by atomic mass is 10.0. The van der Waals surface area contributed by atoms with Gasteiger partial charge in [0.05, 0.1) is 13.1 Å². The molecule has 0 saturated carbocycles. The van der Waals surface area contributed by atoms with Gasteiger partial charge in [0.15, 0.2) is 0 Å². The van der Waals surface area contributed by atoms with Crippen molar-refractivity contribution in [2.45, 2.75) is 97.7 Å². The van der Waals surface area contributed by atoms with E-state index in [9.17, 15) is 38.4 Å². The second-order valence-electron chi connectivity index (χ2n) is 13.3. The lowest BCUT2D eigenvalue weighted by molar-refractivity contribution is -0.132. The highest BCUT2D eigenvalue weighted by Gasteiger charge is 2.26. The molecule has 0 saturated heterocycles. The average molecular weight is 743 g/mol. The standard InChI is InChI=1S/C36H54N8O9/c1-21(2)16-29(44-32(48)20-39-34(50)27(41-24(5)46)10-6-8-14-37)35(51)40-19-31(47)43-28(11-7-9-15-38-23(4)45)36(52)42-25-12-13-26-22(3)17-33(49)53-30(26)18-25/h12-13,17-18,21,27-29H,6-11,14-16,19-20,37H2,1-5H3,(H,38,45)(H,39,50)(H,40,51)(H,41,46)(H,42,52)(H,43,47)(H,44,48)/t27-,28-,29-/m0/s1. The first kappa shape index (κ1) is 43.8. The summed E-state index contributed by atoms with van der Waals surface area (Å²) >= 11 is 0. The second kappa shape index (κ2) is 22.6. The van der Waals surface area contributed by atoms with Gasteiger partial charge in [0.1, 0.15) is 23.7 Å². The molecule has 0 bridgehead atoms. The molecule has 1 heterocycles. The van der Waals surface area contributed by atoms with Crippen LogP contribution in [0, 0.1) is 12.8 Å². The van der Waals surface area contributed by atoms with Crippen LogP contribution in [-0.4, -0.2) is 85.7 Å². The van der Waals surface area contributed by atoms with E-state index in [-0.39, 0.29) is 30.2 Å². The maximum absolute atomic E-state index is 13.4. The molecule has 1 aromatic carbocycles. The number of unbranched alkanes of at least 4 members (excludes halogenated alkanes) is 2. The third-order valence-electron chi connectivity index (χ3n) is 8.01. The molecule has 0 aliphatic heterocycles. The molecular formula is C36H54N8O9. The van der Waals surface area contributed by atoms with Crippen LogP contribution >= 0.6 is 0 Å². The van der Waals surface area contributed by atoms with Crippen molar-refractivity contribution < 1.29 is 38.0 Å². The van der Waals surface area contributed by atoms with Crippen molar-refractivity contribution in [3.8, 4) is 0 Å². The normalized spacial score (nSPS) is 12.6. The molecule has 53 heavy (non-hydrogen) atoms. The van der Waals surface area contributed by atoms with Gasteiger partial charge in [0.25, 0.3) is 0 Å². The number of fused-ring (bicyclic) bond motifs is 1. The van der Waals surface area contributed by atoms with Crippen molar-refractivity contribution in [1.29, 1.82) is 0 Å². The van der Waals surface area contributed by atoms with Gasteiger partial charge in [-0.1, -0.05) is 13.8 Å². The third-order valence-corrected chi connectivity index (χ3v) is 8.01. The van der Waals surface area contributed by atoms with Gasteiger partial charge < -0.3 is 47.4 Å². The predicted octanol–water partition coefficient (Wildman–Crippen LogP) is 0.228. The number of aryl methyl sites for hydroxylation is 1. The van der Waals surface area contributed by atoms with E-state index in [1.54, 1.807) is 19.1 Å². The lowest BCUT2D eigenvalue weighted by Gasteiger charge is -2.22. The summed E-state index contributed by atoms with van der Waals surface area (Å²) in [5, 5.41) is 18.9. The van der Waals surface area contributed by atoms with Crippen LogP contribution < -0.4 is 48.6 Å². The van der Waals surface area contributed by atoms with Crippen LogP contribution in [0.25, 0.3) is 11.0 Å². The summed E-state index contributed by atoms with van der Waals surface area (Å²) in [5.41, 5.74) is 6.31. The Morgan fingerprint density at radius 2 is 1.30 bits per heavy atom. The van der Waals surface area contributed by atoms with E-state index in [1.807, 2.05) is 13.8 Å². The van der Waals surface area contributed by atoms with E-state index in [2.05, 4.69) is 37.2 Å². The maximum atomic E-state index is 13.4. The molecule has 3 atom stereocenters. The average Bonchev–Trinajstić information content (AvgIpc) is 3.07. The molecule has 0 aliphatic carbocycles. The zero-order chi connectivity index (χ0) is 39.5. The molecular weight excluding hydrogens is 688 g/mol. The molecule has 2 rings (SSSR count). The molecule has 17 heteroatoms. The monoisotopic (exact) mass is 742 g/mol. The van der Waals surface area contributed by atoms with Crippen molar-refractivity contribution in [2.75, 3.05) is 31.5 Å². The van der Waals surface area contributed by atoms with Gasteiger partial charge in [0, 0.05) is 43.6 Å². The zero-order valence-electron chi connectivity index (χ0n) is 31.1. The Balaban J connectivity index is 2.04. The summed E-state index contributed by atoms with van der Waals surface area (Å²) in [4.78, 5) is 99.7. The third kappa shape index (κ3) is 16.7. The SMILES string of the molecule is CC(=O)NCCCC[C@H](NC(=O)CNC(=O)[C@H](CC(C)C)NC(=O)CNC(=O)[C@H](CCCCN)NC(C)=O)C(=O)Nc1ccc2c(C)cc(=O)oc2c1. The molecule has 2 aromatic rings. The summed E-state index contributed by atoms with van der Waals surface area (Å²) < 4.78 is 5.27. The Morgan fingerprint density at radius 3 is 1.89 bits per heavy atom. The molecule has 0 fully saturated rings. The molecule has 0 spiro atoms. The molecule has 0 aliphatic rings. The van der Waals surface area contributed by atoms with Crippen LogP contribution in [0.3, 0.4) is 0 Å². The minimum atomic E-state index is -1.03. The number of carbonyl (C=O) groups is 7. The molecule has 1 aromatic heterocycles. The Kier molecular flexibility index (Phi) is 18.7. The summed E-state index contributed by atoms with van der Waals surface area (Å²) in [6.07, 6.45) is 3.04. The Labute approximate surface area is 308 Å². The number of benzene rings is 1. The number of rotatable bonds is 22. The topological polar surface area (TPSA) is 260 Å². The molecule has 0 unspecified atom stereocenters. The number of nitrogens with two attached hydrogens (primary N) is 1. The lowest BCUT2D eigenvalue weighted by Crippen LogP contribution is -2.53. The van der Waals surface area contributed by atoms with E-state index in [0.717, 1.165) is 0 Å². The quantitative estimate of drug-likeness (QED) is 0.0602. The highest BCUT2D eigenvalue weighted by Crippen LogP contribution is 2.21. The molecule has 0 radical (unpaired) electrons. The first-order valence-electron chi connectivity index (χ1n) is 17.8. The van der Waals surface area contributed by atoms with Crippen molar-refractivity contribution in [2.24, 2.45) is 11.7 Å². The van der Waals surface area contributed by atoms with E-state index in [1.165, 1.54) is 26.0 Å². The van der Waals surface area contributed by atoms with Crippen molar-refractivity contribution in [3.63, 3.8) is 0 Å². The molecule has 17 nitrogen and oxygen atoms in total. The number of nitrogens with one attached hydrogen (secondary N) is 7. The highest BCUT2D eigenvalue weighted by molar-refractivity contribution is 5.99. The van der Waals surface area contributed by atoms with Gasteiger partial charge in [-0.3, -0.25) is 33.6 Å². The van der Waals surface area contributed by atoms with Gasteiger partial charge in [-0.05, 0) is 82.0 Å². The zero-order valence-corrected chi connectivity index (χ0v) is 31.1. The fourth-order valence-electron chi connectivity index (χ4n) is 5.42. The summed E-state index contributed by atoms with van der Waals surface area (Å²) in [7, 11) is 0. The smallest absolute Gasteiger partial charge is 0.336 e. The van der Waals surface area contributed by atoms with Gasteiger partial charge in [-0.25, -0.2) is 4.79 Å². The van der Waals surface area contributed by atoms with Gasteiger partial charge in [-0.2, -0.15) is 0 Å². The van der Waals surface area contributed by atoms with Crippen LogP contribution in [0.4, 0.5) is 5.69 Å². The predicted molar refractivity (Wildman–Crippen MR) is 198 cm³/mol. The van der Waals surface area contributed by atoms with Crippen molar-refractivity contribution >= 4 is 58.0 Å². The van der Waals surface area contributed by atoms with Crippen LogP contribution in [0.2, 0.25) is 0 Å². The number of hydrogen-bond donors (Lipinski definition) is 8. The number of carbonyl (C=O) groups excluding carboxylic acids is 7. The first-order valence-corrected chi connectivity index (χ1v) is 17.8. The minimum absolute atomic E-state index is 0.0289. The van der Waals surface area contributed by atoms with Crippen LogP contribution in [0.1, 0.15) is 78.2 Å². The van der Waals surface area contributed by atoms with Crippen LogP contribution in [0.5, 0.6) is 0 Å². The number of amides is 7. The van der Waals surface area contributed by atoms with E-state index in [4.69, 9.17) is 10.2 Å². The van der Waals surface area contributed by atoms with Crippen molar-refractivity contribution in [3.05, 3.63) is 40.2 Å². The number of hydrogen-bond acceptors (Lipinski definition) is 10.